The maximum Gasteiger partial charge on any atom is 0.246 e. The molecular weight excluding hydrogens is 370 g/mol. The number of nitrogens with zero attached hydrogens (tertiary/aromatic N) is 5. The monoisotopic (exact) mass is 397 g/mol. The number of amides is 1. The number of thiophene rings is 1. The zero-order valence-corrected chi connectivity index (χ0v) is 17.2. The molecule has 2 aromatic heterocycles. The number of carbonyl (C=O) groups is 1. The van der Waals surface area contributed by atoms with E-state index in [1.165, 1.54) is 19.3 Å². The van der Waals surface area contributed by atoms with Crippen LogP contribution in [0.2, 0.25) is 0 Å². The van der Waals surface area contributed by atoms with E-state index in [1.807, 2.05) is 35.4 Å². The normalized spacial score (nSPS) is 18.1. The van der Waals surface area contributed by atoms with E-state index >= 15 is 0 Å². The maximum absolute atomic E-state index is 12.4. The van der Waals surface area contributed by atoms with Gasteiger partial charge in [-0.15, -0.1) is 11.3 Å². The highest BCUT2D eigenvalue weighted by molar-refractivity contribution is 7.10. The fraction of sp³-hybridized carbons (Fsp3) is 0.476. The van der Waals surface area contributed by atoms with Crippen molar-refractivity contribution in [3.05, 3.63) is 40.2 Å². The Labute approximate surface area is 170 Å². The Morgan fingerprint density at radius 2 is 1.82 bits per heavy atom. The van der Waals surface area contributed by atoms with Gasteiger partial charge in [0, 0.05) is 62.0 Å². The first-order valence-electron chi connectivity index (χ1n) is 10.0. The second-order valence-electron chi connectivity index (χ2n) is 7.38. The predicted octanol–water partition coefficient (Wildman–Crippen LogP) is 3.20. The molecule has 2 aliphatic rings. The van der Waals surface area contributed by atoms with E-state index in [0.29, 0.717) is 0 Å². The fourth-order valence-electron chi connectivity index (χ4n) is 3.73. The first-order chi connectivity index (χ1) is 13.7. The van der Waals surface area contributed by atoms with Gasteiger partial charge in [0.2, 0.25) is 11.9 Å². The molecule has 0 N–H and O–H groups in total. The van der Waals surface area contributed by atoms with Crippen LogP contribution < -0.4 is 9.80 Å². The van der Waals surface area contributed by atoms with E-state index in [4.69, 9.17) is 4.98 Å². The van der Waals surface area contributed by atoms with Gasteiger partial charge in [0.05, 0.1) is 0 Å². The molecule has 0 aromatic carbocycles. The highest BCUT2D eigenvalue weighted by Crippen LogP contribution is 2.21. The summed E-state index contributed by atoms with van der Waals surface area (Å²) in [6, 6.07) is 6.07. The zero-order valence-electron chi connectivity index (χ0n) is 16.4. The second-order valence-corrected chi connectivity index (χ2v) is 8.36. The number of piperazine rings is 1. The summed E-state index contributed by atoms with van der Waals surface area (Å²) in [6.07, 6.45) is 7.31. The van der Waals surface area contributed by atoms with Gasteiger partial charge in [-0.3, -0.25) is 4.79 Å². The molecule has 4 heterocycles. The Balaban J connectivity index is 1.38. The average Bonchev–Trinajstić information content (AvgIpc) is 3.26. The SMILES string of the molecule is Cc1cc(N2CCN(C(=O)/C=C/c3cccs3)CC2)nc(N2CCCCC2)n1. The molecular formula is C21H27N5OS. The van der Waals surface area contributed by atoms with E-state index in [9.17, 15) is 4.79 Å². The van der Waals surface area contributed by atoms with Crippen LogP contribution in [-0.2, 0) is 4.79 Å². The summed E-state index contributed by atoms with van der Waals surface area (Å²) >= 11 is 1.64. The van der Waals surface area contributed by atoms with E-state index in [0.717, 1.165) is 61.6 Å². The molecule has 2 aliphatic heterocycles. The third-order valence-corrected chi connectivity index (χ3v) is 6.15. The lowest BCUT2D eigenvalue weighted by molar-refractivity contribution is -0.126. The number of aromatic nitrogens is 2. The molecule has 7 heteroatoms. The predicted molar refractivity (Wildman–Crippen MR) is 115 cm³/mol. The van der Waals surface area contributed by atoms with Crippen molar-refractivity contribution in [3.63, 3.8) is 0 Å². The van der Waals surface area contributed by atoms with Gasteiger partial charge >= 0.3 is 0 Å². The number of hydrogen-bond acceptors (Lipinski definition) is 6. The Morgan fingerprint density at radius 3 is 2.54 bits per heavy atom. The lowest BCUT2D eigenvalue weighted by Crippen LogP contribution is -2.48. The lowest BCUT2D eigenvalue weighted by Gasteiger charge is -2.35. The third kappa shape index (κ3) is 4.52. The highest BCUT2D eigenvalue weighted by atomic mass is 32.1. The first-order valence-corrected chi connectivity index (χ1v) is 10.9. The van der Waals surface area contributed by atoms with Gasteiger partial charge in [0.1, 0.15) is 5.82 Å². The fourth-order valence-corrected chi connectivity index (χ4v) is 4.35. The summed E-state index contributed by atoms with van der Waals surface area (Å²) < 4.78 is 0. The summed E-state index contributed by atoms with van der Waals surface area (Å²) in [7, 11) is 0. The quantitative estimate of drug-likeness (QED) is 0.742. The summed E-state index contributed by atoms with van der Waals surface area (Å²) in [5.74, 6) is 1.92. The Morgan fingerprint density at radius 1 is 1.04 bits per heavy atom. The van der Waals surface area contributed by atoms with Crippen LogP contribution >= 0.6 is 11.3 Å². The Kier molecular flexibility index (Phi) is 5.90. The van der Waals surface area contributed by atoms with Gasteiger partial charge in [-0.25, -0.2) is 4.98 Å². The molecule has 0 radical (unpaired) electrons. The molecule has 0 saturated carbocycles. The molecule has 6 nitrogen and oxygen atoms in total. The number of carbonyl (C=O) groups excluding carboxylic acids is 1. The molecule has 0 unspecified atom stereocenters. The molecule has 148 valence electrons. The average molecular weight is 398 g/mol. The van der Waals surface area contributed by atoms with Crippen LogP contribution in [0.4, 0.5) is 11.8 Å². The van der Waals surface area contributed by atoms with Crippen LogP contribution in [-0.4, -0.2) is 60.0 Å². The molecule has 0 atom stereocenters. The molecule has 2 aromatic rings. The van der Waals surface area contributed by atoms with Crippen molar-refractivity contribution in [2.45, 2.75) is 26.2 Å². The van der Waals surface area contributed by atoms with Crippen LogP contribution in [0.5, 0.6) is 0 Å². The van der Waals surface area contributed by atoms with Crippen molar-refractivity contribution < 1.29 is 4.79 Å². The number of aryl methyl sites for hydroxylation is 1. The maximum atomic E-state index is 12.4. The van der Waals surface area contributed by atoms with Crippen LogP contribution in [0.1, 0.15) is 29.8 Å². The minimum absolute atomic E-state index is 0.0842. The molecule has 0 aliphatic carbocycles. The smallest absolute Gasteiger partial charge is 0.246 e. The third-order valence-electron chi connectivity index (χ3n) is 5.32. The van der Waals surface area contributed by atoms with Gasteiger partial charge in [0.25, 0.3) is 0 Å². The second kappa shape index (κ2) is 8.73. The molecule has 28 heavy (non-hydrogen) atoms. The molecule has 2 fully saturated rings. The van der Waals surface area contributed by atoms with Crippen molar-refractivity contribution in [1.29, 1.82) is 0 Å². The van der Waals surface area contributed by atoms with E-state index in [-0.39, 0.29) is 5.91 Å². The van der Waals surface area contributed by atoms with Gasteiger partial charge in [0.15, 0.2) is 0 Å². The van der Waals surface area contributed by atoms with Crippen molar-refractivity contribution in [2.24, 2.45) is 0 Å². The highest BCUT2D eigenvalue weighted by Gasteiger charge is 2.22. The Bertz CT molecular complexity index is 821. The standard InChI is InChI=1S/C21H27N5OS/c1-17-16-19(23-21(22-17)26-9-3-2-4-10-26)24-11-13-25(14-12-24)20(27)8-7-18-6-5-15-28-18/h5-8,15-16H,2-4,9-14H2,1H3/b8-7+. The number of rotatable bonds is 4. The number of piperidine rings is 1. The van der Waals surface area contributed by atoms with Crippen molar-refractivity contribution in [1.82, 2.24) is 14.9 Å². The van der Waals surface area contributed by atoms with Crippen molar-refractivity contribution in [3.8, 4) is 0 Å². The van der Waals surface area contributed by atoms with Crippen LogP contribution in [0, 0.1) is 6.92 Å². The topological polar surface area (TPSA) is 52.6 Å². The summed E-state index contributed by atoms with van der Waals surface area (Å²) in [5.41, 5.74) is 1.00. The number of hydrogen-bond donors (Lipinski definition) is 0. The van der Waals surface area contributed by atoms with Crippen molar-refractivity contribution >= 4 is 35.1 Å². The van der Waals surface area contributed by atoms with Crippen LogP contribution in [0.3, 0.4) is 0 Å². The largest absolute Gasteiger partial charge is 0.353 e. The van der Waals surface area contributed by atoms with Crippen LogP contribution in [0.25, 0.3) is 6.08 Å². The summed E-state index contributed by atoms with van der Waals surface area (Å²) in [4.78, 5) is 29.5. The number of anilines is 2. The van der Waals surface area contributed by atoms with E-state index in [2.05, 4.69) is 20.9 Å². The van der Waals surface area contributed by atoms with Gasteiger partial charge < -0.3 is 14.7 Å². The molecule has 2 saturated heterocycles. The molecule has 0 spiro atoms. The van der Waals surface area contributed by atoms with E-state index in [1.54, 1.807) is 17.4 Å². The molecule has 0 bridgehead atoms. The summed E-state index contributed by atoms with van der Waals surface area (Å²) in [5, 5.41) is 2.02. The zero-order chi connectivity index (χ0) is 19.3. The van der Waals surface area contributed by atoms with Gasteiger partial charge in [-0.1, -0.05) is 6.07 Å². The molecule has 1 amide bonds. The Hall–Kier alpha value is -2.41. The molecule has 4 rings (SSSR count). The minimum Gasteiger partial charge on any atom is -0.353 e. The first kappa shape index (κ1) is 18.9. The lowest BCUT2D eigenvalue weighted by atomic mass is 10.1. The van der Waals surface area contributed by atoms with Gasteiger partial charge in [-0.05, 0) is 43.7 Å². The van der Waals surface area contributed by atoms with Gasteiger partial charge in [-0.2, -0.15) is 4.98 Å². The van der Waals surface area contributed by atoms with E-state index < -0.39 is 0 Å². The minimum atomic E-state index is 0.0842. The summed E-state index contributed by atoms with van der Waals surface area (Å²) in [6.45, 7) is 7.16. The van der Waals surface area contributed by atoms with Crippen molar-refractivity contribution in [2.75, 3.05) is 49.1 Å². The van der Waals surface area contributed by atoms with Crippen LogP contribution in [0.15, 0.2) is 29.7 Å².